The second-order valence-electron chi connectivity index (χ2n) is 3.81. The smallest absolute Gasteiger partial charge is 0.335 e. The van der Waals surface area contributed by atoms with Gasteiger partial charge in [0.25, 0.3) is 0 Å². The summed E-state index contributed by atoms with van der Waals surface area (Å²) in [5.41, 5.74) is 1.92. The van der Waals surface area contributed by atoms with E-state index in [1.807, 2.05) is 54.6 Å². The molecule has 0 atom stereocenters. The van der Waals surface area contributed by atoms with Crippen LogP contribution in [-0.2, 0) is 9.53 Å². The molecule has 1 aliphatic carbocycles. The summed E-state index contributed by atoms with van der Waals surface area (Å²) in [6, 6.07) is 9.84. The van der Waals surface area contributed by atoms with Crippen molar-refractivity contribution in [1.82, 2.24) is 0 Å². The molecule has 1 aliphatic rings. The molecule has 18 heavy (non-hydrogen) atoms. The van der Waals surface area contributed by atoms with Crippen LogP contribution in [0.25, 0.3) is 5.57 Å². The van der Waals surface area contributed by atoms with Crippen LogP contribution in [-0.4, -0.2) is 5.97 Å². The lowest BCUT2D eigenvalue weighted by atomic mass is 10.0. The fourth-order valence-electron chi connectivity index (χ4n) is 1.71. The Balaban J connectivity index is 2.44. The van der Waals surface area contributed by atoms with E-state index in [9.17, 15) is 4.79 Å². The van der Waals surface area contributed by atoms with Gasteiger partial charge in [0.05, 0.1) is 0 Å². The highest BCUT2D eigenvalue weighted by molar-refractivity contribution is 5.86. The average molecular weight is 238 g/mol. The monoisotopic (exact) mass is 238 g/mol. The van der Waals surface area contributed by atoms with E-state index in [4.69, 9.17) is 4.74 Å². The van der Waals surface area contributed by atoms with Gasteiger partial charge in [-0.1, -0.05) is 55.1 Å². The van der Waals surface area contributed by atoms with Gasteiger partial charge in [-0.25, -0.2) is 4.79 Å². The number of ether oxygens (including phenoxy) is 1. The number of carbonyl (C=O) groups excluding carboxylic acids is 1. The van der Waals surface area contributed by atoms with Crippen molar-refractivity contribution in [2.24, 2.45) is 0 Å². The van der Waals surface area contributed by atoms with E-state index in [-0.39, 0.29) is 0 Å². The zero-order valence-corrected chi connectivity index (χ0v) is 10.0. The molecule has 2 heteroatoms. The molecule has 90 valence electrons. The predicted octanol–water partition coefficient (Wildman–Crippen LogP) is 3.64. The Morgan fingerprint density at radius 1 is 1.17 bits per heavy atom. The number of allylic oxidation sites excluding steroid dienone is 5. The second kappa shape index (κ2) is 5.82. The maximum absolute atomic E-state index is 11.3. The summed E-state index contributed by atoms with van der Waals surface area (Å²) in [4.78, 5) is 11.3. The molecule has 0 bridgehead atoms. The summed E-state index contributed by atoms with van der Waals surface area (Å²) in [5, 5.41) is 0. The van der Waals surface area contributed by atoms with Gasteiger partial charge >= 0.3 is 5.97 Å². The highest BCUT2D eigenvalue weighted by Gasteiger charge is 2.10. The Morgan fingerprint density at radius 2 is 1.89 bits per heavy atom. The second-order valence-corrected chi connectivity index (χ2v) is 3.81. The number of hydrogen-bond acceptors (Lipinski definition) is 2. The molecule has 0 heterocycles. The van der Waals surface area contributed by atoms with Gasteiger partial charge in [-0.3, -0.25) is 0 Å². The van der Waals surface area contributed by atoms with Gasteiger partial charge in [-0.2, -0.15) is 0 Å². The number of benzene rings is 1. The summed E-state index contributed by atoms with van der Waals surface area (Å²) in [6.07, 6.45) is 9.78. The van der Waals surface area contributed by atoms with Crippen LogP contribution in [0.2, 0.25) is 0 Å². The first kappa shape index (κ1) is 12.1. The topological polar surface area (TPSA) is 26.3 Å². The summed E-state index contributed by atoms with van der Waals surface area (Å²) in [6.45, 7) is 3.41. The number of hydrogen-bond donors (Lipinski definition) is 0. The molecule has 1 aromatic carbocycles. The molecule has 2 nitrogen and oxygen atoms in total. The Labute approximate surface area is 107 Å². The van der Waals surface area contributed by atoms with Crippen molar-refractivity contribution in [2.45, 2.75) is 6.42 Å². The van der Waals surface area contributed by atoms with E-state index in [0.29, 0.717) is 5.76 Å². The van der Waals surface area contributed by atoms with Crippen LogP contribution in [0.3, 0.4) is 0 Å². The molecule has 0 amide bonds. The quantitative estimate of drug-likeness (QED) is 0.593. The molecule has 0 spiro atoms. The largest absolute Gasteiger partial charge is 0.423 e. The third-order valence-electron chi connectivity index (χ3n) is 2.55. The van der Waals surface area contributed by atoms with Crippen molar-refractivity contribution in [3.8, 4) is 0 Å². The average Bonchev–Trinajstić information content (AvgIpc) is 2.65. The van der Waals surface area contributed by atoms with Crippen LogP contribution in [0.15, 0.2) is 73.1 Å². The fraction of sp³-hybridized carbons (Fsp3) is 0.0625. The highest BCUT2D eigenvalue weighted by Crippen LogP contribution is 2.24. The Bertz CT molecular complexity index is 533. The lowest BCUT2D eigenvalue weighted by Crippen LogP contribution is -2.00. The first-order valence-electron chi connectivity index (χ1n) is 5.78. The molecule has 0 saturated carbocycles. The molecule has 0 aliphatic heterocycles. The highest BCUT2D eigenvalue weighted by atomic mass is 16.5. The van der Waals surface area contributed by atoms with Crippen molar-refractivity contribution >= 4 is 11.5 Å². The fourth-order valence-corrected chi connectivity index (χ4v) is 1.71. The summed E-state index contributed by atoms with van der Waals surface area (Å²) in [7, 11) is 0. The van der Waals surface area contributed by atoms with Crippen LogP contribution in [0.1, 0.15) is 12.0 Å². The summed E-state index contributed by atoms with van der Waals surface area (Å²) >= 11 is 0. The molecule has 0 unspecified atom stereocenters. The zero-order chi connectivity index (χ0) is 12.8. The molecule has 0 N–H and O–H groups in total. The van der Waals surface area contributed by atoms with Crippen LogP contribution < -0.4 is 0 Å². The lowest BCUT2D eigenvalue weighted by Gasteiger charge is -2.08. The zero-order valence-electron chi connectivity index (χ0n) is 10.0. The number of rotatable bonds is 3. The van der Waals surface area contributed by atoms with E-state index < -0.39 is 5.97 Å². The van der Waals surface area contributed by atoms with Gasteiger partial charge in [0.1, 0.15) is 5.76 Å². The first-order chi connectivity index (χ1) is 8.81. The van der Waals surface area contributed by atoms with E-state index in [2.05, 4.69) is 6.58 Å². The maximum Gasteiger partial charge on any atom is 0.335 e. The summed E-state index contributed by atoms with van der Waals surface area (Å²) < 4.78 is 5.27. The van der Waals surface area contributed by atoms with Crippen molar-refractivity contribution in [3.05, 3.63) is 78.6 Å². The summed E-state index contributed by atoms with van der Waals surface area (Å²) in [5.74, 6) is 0.109. The number of carbonyl (C=O) groups is 1. The van der Waals surface area contributed by atoms with Crippen molar-refractivity contribution in [1.29, 1.82) is 0 Å². The van der Waals surface area contributed by atoms with Crippen molar-refractivity contribution < 1.29 is 9.53 Å². The first-order valence-corrected chi connectivity index (χ1v) is 5.78. The van der Waals surface area contributed by atoms with Crippen molar-refractivity contribution in [2.75, 3.05) is 0 Å². The molecular formula is C16H14O2. The molecule has 0 aromatic heterocycles. The van der Waals surface area contributed by atoms with Gasteiger partial charge in [-0.05, 0) is 18.1 Å². The lowest BCUT2D eigenvalue weighted by molar-refractivity contribution is -0.133. The Morgan fingerprint density at radius 3 is 2.61 bits per heavy atom. The van der Waals surface area contributed by atoms with Gasteiger partial charge in [0.2, 0.25) is 0 Å². The van der Waals surface area contributed by atoms with Crippen LogP contribution in [0.4, 0.5) is 0 Å². The van der Waals surface area contributed by atoms with E-state index in [0.717, 1.165) is 23.6 Å². The molecule has 0 saturated heterocycles. The molecular weight excluding hydrogens is 224 g/mol. The predicted molar refractivity (Wildman–Crippen MR) is 72.5 cm³/mol. The van der Waals surface area contributed by atoms with E-state index >= 15 is 0 Å². The van der Waals surface area contributed by atoms with Gasteiger partial charge in [-0.15, -0.1) is 0 Å². The Kier molecular flexibility index (Phi) is 3.92. The van der Waals surface area contributed by atoms with Crippen LogP contribution >= 0.6 is 0 Å². The molecule has 0 radical (unpaired) electrons. The minimum atomic E-state index is -0.446. The van der Waals surface area contributed by atoms with Crippen molar-refractivity contribution in [3.63, 3.8) is 0 Å². The van der Waals surface area contributed by atoms with Gasteiger partial charge in [0.15, 0.2) is 0 Å². The minimum Gasteiger partial charge on any atom is -0.423 e. The van der Waals surface area contributed by atoms with Gasteiger partial charge in [0, 0.05) is 11.6 Å². The van der Waals surface area contributed by atoms with Crippen LogP contribution in [0, 0.1) is 0 Å². The van der Waals surface area contributed by atoms with Gasteiger partial charge < -0.3 is 4.74 Å². The maximum atomic E-state index is 11.3. The molecule has 0 fully saturated rings. The number of esters is 1. The standard InChI is InChI=1S/C16H14O2/c1-2-16(17)18-15-12-8-4-7-11-14(15)13-9-5-3-6-10-13/h2-3,5-12H,1,4H2. The van der Waals surface area contributed by atoms with E-state index in [1.165, 1.54) is 0 Å². The molecule has 2 rings (SSSR count). The SMILES string of the molecule is C=CC(=O)OC1=C(c2ccccc2)C=CCC=C1. The molecule has 1 aromatic rings. The minimum absolute atomic E-state index is 0.446. The van der Waals surface area contributed by atoms with E-state index in [1.54, 1.807) is 0 Å². The third kappa shape index (κ3) is 2.86. The third-order valence-corrected chi connectivity index (χ3v) is 2.55. The Hall–Kier alpha value is -2.35. The normalized spacial score (nSPS) is 14.2. The van der Waals surface area contributed by atoms with Crippen LogP contribution in [0.5, 0.6) is 0 Å².